The topological polar surface area (TPSA) is 121 Å². The van der Waals surface area contributed by atoms with Crippen LogP contribution in [-0.4, -0.2) is 22.0 Å². The van der Waals surface area contributed by atoms with Gasteiger partial charge in [-0.25, -0.2) is 9.78 Å². The maximum Gasteiger partial charge on any atom is 0.221 e. The second-order valence-electron chi connectivity index (χ2n) is 6.45. The van der Waals surface area contributed by atoms with E-state index in [9.17, 15) is 4.79 Å². The van der Waals surface area contributed by atoms with E-state index in [4.69, 9.17) is 17.2 Å². The smallest absolute Gasteiger partial charge is 0.221 e. The van der Waals surface area contributed by atoms with Crippen LogP contribution in [0.5, 0.6) is 0 Å². The minimum atomic E-state index is 0.195. The fourth-order valence-corrected chi connectivity index (χ4v) is 3.10. The molecule has 1 unspecified atom stereocenters. The molecule has 6 N–H and O–H groups in total. The summed E-state index contributed by atoms with van der Waals surface area (Å²) >= 11 is 0. The first kappa shape index (κ1) is 18.9. The lowest BCUT2D eigenvalue weighted by atomic mass is 9.96. The number of rotatable bonds is 1. The number of aromatic nitrogens is 2. The van der Waals surface area contributed by atoms with Crippen LogP contribution in [0, 0.1) is 0 Å². The van der Waals surface area contributed by atoms with Gasteiger partial charge in [0.1, 0.15) is 11.8 Å². The van der Waals surface area contributed by atoms with Gasteiger partial charge in [-0.3, -0.25) is 0 Å². The van der Waals surface area contributed by atoms with Crippen molar-refractivity contribution < 1.29 is 4.79 Å². The molecular formula is C19H27N5O. The Kier molecular flexibility index (Phi) is 7.38. The number of hydrogen-bond donors (Lipinski definition) is 3. The molecule has 0 aliphatic heterocycles. The van der Waals surface area contributed by atoms with Crippen molar-refractivity contribution in [2.45, 2.75) is 57.4 Å². The predicted molar refractivity (Wildman–Crippen MR) is 101 cm³/mol. The number of anilines is 2. The van der Waals surface area contributed by atoms with E-state index in [1.807, 2.05) is 0 Å². The van der Waals surface area contributed by atoms with Gasteiger partial charge in [0.15, 0.2) is 0 Å². The largest absolute Gasteiger partial charge is 0.384 e. The highest BCUT2D eigenvalue weighted by Gasteiger charge is 2.14. The molecule has 1 heterocycles. The summed E-state index contributed by atoms with van der Waals surface area (Å²) in [5.41, 5.74) is 20.0. The second-order valence-corrected chi connectivity index (χ2v) is 6.45. The lowest BCUT2D eigenvalue weighted by molar-refractivity contribution is 0.566. The molecule has 0 bridgehead atoms. The molecule has 0 amide bonds. The molecule has 1 aromatic rings. The molecule has 6 heteroatoms. The first-order valence-electron chi connectivity index (χ1n) is 8.83. The van der Waals surface area contributed by atoms with Crippen LogP contribution in [-0.2, 0) is 4.79 Å². The molecule has 0 saturated carbocycles. The Bertz CT molecular complexity index is 672. The predicted octanol–water partition coefficient (Wildman–Crippen LogP) is 2.71. The zero-order chi connectivity index (χ0) is 18.1. The van der Waals surface area contributed by atoms with Gasteiger partial charge in [-0.2, -0.15) is 4.98 Å². The van der Waals surface area contributed by atoms with Gasteiger partial charge in [0.05, 0.1) is 0 Å². The number of allylic oxidation sites excluding steroid dienone is 4. The fourth-order valence-electron chi connectivity index (χ4n) is 3.10. The normalized spacial score (nSPS) is 20.8. The molecule has 134 valence electrons. The number of carbonyl (C=O) groups excluding carboxylic acids is 1. The van der Waals surface area contributed by atoms with Crippen LogP contribution in [0.3, 0.4) is 0 Å². The van der Waals surface area contributed by atoms with Gasteiger partial charge >= 0.3 is 0 Å². The molecule has 0 spiro atoms. The Balaban J connectivity index is 0.000000236. The number of hydrogen-bond acceptors (Lipinski definition) is 6. The fraction of sp³-hybridized carbons (Fsp3) is 0.474. The van der Waals surface area contributed by atoms with Gasteiger partial charge in [-0.1, -0.05) is 12.5 Å². The van der Waals surface area contributed by atoms with Crippen LogP contribution in [0.2, 0.25) is 0 Å². The number of nitrogens with two attached hydrogens (primary N) is 3. The third-order valence-corrected chi connectivity index (χ3v) is 4.38. The molecule has 0 saturated heterocycles. The van der Waals surface area contributed by atoms with E-state index in [1.54, 1.807) is 6.07 Å². The van der Waals surface area contributed by atoms with Crippen molar-refractivity contribution in [2.24, 2.45) is 5.73 Å². The zero-order valence-corrected chi connectivity index (χ0v) is 14.6. The average molecular weight is 341 g/mol. The van der Waals surface area contributed by atoms with Crippen molar-refractivity contribution in [2.75, 3.05) is 11.5 Å². The first-order valence-corrected chi connectivity index (χ1v) is 8.83. The van der Waals surface area contributed by atoms with Crippen LogP contribution >= 0.6 is 0 Å². The van der Waals surface area contributed by atoms with Crippen LogP contribution in [0.4, 0.5) is 11.8 Å². The number of nitrogen functional groups attached to an aromatic ring is 2. The summed E-state index contributed by atoms with van der Waals surface area (Å²) in [5.74, 6) is 2.69. The molecule has 25 heavy (non-hydrogen) atoms. The average Bonchev–Trinajstić information content (AvgIpc) is 2.95. The SMILES string of the molecule is NC1C=C(C2=CC(=C=O)CCCC2)CCCC1.Nc1ccnc(N)n1. The molecule has 3 rings (SSSR count). The Labute approximate surface area is 148 Å². The van der Waals surface area contributed by atoms with Gasteiger partial charge in [-0.15, -0.1) is 0 Å². The van der Waals surface area contributed by atoms with Crippen molar-refractivity contribution in [1.82, 2.24) is 9.97 Å². The van der Waals surface area contributed by atoms with Gasteiger partial charge in [0.25, 0.3) is 0 Å². The van der Waals surface area contributed by atoms with E-state index in [2.05, 4.69) is 28.1 Å². The maximum atomic E-state index is 10.8. The second kappa shape index (κ2) is 9.77. The third kappa shape index (κ3) is 6.53. The Morgan fingerprint density at radius 1 is 1.04 bits per heavy atom. The van der Waals surface area contributed by atoms with Gasteiger partial charge in [-0.05, 0) is 68.2 Å². The summed E-state index contributed by atoms with van der Waals surface area (Å²) in [6, 6.07) is 1.77. The standard InChI is InChI=1S/C15H21NO.C4H6N4/c16-15-8-4-3-7-14(10-15)13-6-2-1-5-12(9-13)11-17;5-3-1-2-7-4(6)8-3/h9-10,15H,1-8,16H2;1-2H,(H4,5,6,7,8). The molecule has 0 radical (unpaired) electrons. The summed E-state index contributed by atoms with van der Waals surface area (Å²) in [5, 5.41) is 0. The van der Waals surface area contributed by atoms with Crippen molar-refractivity contribution in [3.05, 3.63) is 41.1 Å². The molecular weight excluding hydrogens is 314 g/mol. The molecule has 6 nitrogen and oxygen atoms in total. The van der Waals surface area contributed by atoms with Crippen LogP contribution < -0.4 is 17.2 Å². The van der Waals surface area contributed by atoms with Crippen molar-refractivity contribution in [3.63, 3.8) is 0 Å². The van der Waals surface area contributed by atoms with E-state index in [-0.39, 0.29) is 12.0 Å². The van der Waals surface area contributed by atoms with Crippen molar-refractivity contribution in [3.8, 4) is 0 Å². The minimum Gasteiger partial charge on any atom is -0.384 e. The highest BCUT2D eigenvalue weighted by Crippen LogP contribution is 2.30. The molecule has 0 fully saturated rings. The monoisotopic (exact) mass is 341 g/mol. The van der Waals surface area contributed by atoms with Crippen LogP contribution in [0.25, 0.3) is 0 Å². The van der Waals surface area contributed by atoms with Crippen LogP contribution in [0.15, 0.2) is 41.1 Å². The zero-order valence-electron chi connectivity index (χ0n) is 14.6. The molecule has 2 aliphatic rings. The summed E-state index contributed by atoms with van der Waals surface area (Å²) < 4.78 is 0. The van der Waals surface area contributed by atoms with E-state index in [0.29, 0.717) is 5.82 Å². The summed E-state index contributed by atoms with van der Waals surface area (Å²) in [6.45, 7) is 0. The molecule has 1 atom stereocenters. The van der Waals surface area contributed by atoms with Crippen molar-refractivity contribution in [1.29, 1.82) is 0 Å². The highest BCUT2D eigenvalue weighted by molar-refractivity contribution is 5.59. The molecule has 0 aromatic carbocycles. The van der Waals surface area contributed by atoms with Gasteiger partial charge in [0, 0.05) is 17.8 Å². The highest BCUT2D eigenvalue weighted by atomic mass is 16.1. The Morgan fingerprint density at radius 3 is 2.44 bits per heavy atom. The first-order chi connectivity index (χ1) is 12.1. The van der Waals surface area contributed by atoms with E-state index in [1.165, 1.54) is 36.6 Å². The minimum absolute atomic E-state index is 0.195. The van der Waals surface area contributed by atoms with Crippen LogP contribution in [0.1, 0.15) is 51.4 Å². The summed E-state index contributed by atoms with van der Waals surface area (Å²) in [7, 11) is 0. The Hall–Kier alpha value is -2.43. The third-order valence-electron chi connectivity index (χ3n) is 4.38. The van der Waals surface area contributed by atoms with E-state index < -0.39 is 0 Å². The molecule has 1 aromatic heterocycles. The van der Waals surface area contributed by atoms with E-state index >= 15 is 0 Å². The summed E-state index contributed by atoms with van der Waals surface area (Å²) in [6.07, 6.45) is 14.7. The van der Waals surface area contributed by atoms with E-state index in [0.717, 1.165) is 37.7 Å². The molecule has 2 aliphatic carbocycles. The van der Waals surface area contributed by atoms with Crippen molar-refractivity contribution >= 4 is 17.7 Å². The quantitative estimate of drug-likeness (QED) is 0.675. The maximum absolute atomic E-state index is 10.8. The number of nitrogens with zero attached hydrogens (tertiary/aromatic N) is 2. The lowest BCUT2D eigenvalue weighted by Gasteiger charge is -2.10. The van der Waals surface area contributed by atoms with Gasteiger partial charge in [0.2, 0.25) is 5.95 Å². The Morgan fingerprint density at radius 2 is 1.76 bits per heavy atom. The lowest BCUT2D eigenvalue weighted by Crippen LogP contribution is -2.16. The van der Waals surface area contributed by atoms with Gasteiger partial charge < -0.3 is 17.2 Å². The summed E-state index contributed by atoms with van der Waals surface area (Å²) in [4.78, 5) is 18.1.